The number of aliphatic imine (C=N–C) groups is 1. The molecular weight excluding hydrogens is 268 g/mol. The Bertz CT molecular complexity index is 607. The van der Waals surface area contributed by atoms with Gasteiger partial charge < -0.3 is 10.6 Å². The van der Waals surface area contributed by atoms with E-state index in [-0.39, 0.29) is 17.9 Å². The smallest absolute Gasteiger partial charge is 0.253 e. The number of nitrogens with zero attached hydrogens (tertiary/aromatic N) is 2. The molecule has 2 heterocycles. The fourth-order valence-corrected chi connectivity index (χ4v) is 1.91. The first-order valence-electron chi connectivity index (χ1n) is 6.84. The van der Waals surface area contributed by atoms with Crippen molar-refractivity contribution in [2.45, 2.75) is 32.7 Å². The van der Waals surface area contributed by atoms with Gasteiger partial charge in [-0.1, -0.05) is 6.92 Å². The molecular formula is C15H18N4O2. The van der Waals surface area contributed by atoms with Crippen molar-refractivity contribution in [3.8, 4) is 0 Å². The maximum absolute atomic E-state index is 12.2. The molecule has 0 bridgehead atoms. The summed E-state index contributed by atoms with van der Waals surface area (Å²) in [6.45, 7) is 3.69. The third-order valence-corrected chi connectivity index (χ3v) is 3.18. The van der Waals surface area contributed by atoms with E-state index >= 15 is 0 Å². The van der Waals surface area contributed by atoms with Crippen LogP contribution in [0.1, 0.15) is 37.0 Å². The molecule has 0 aliphatic carbocycles. The summed E-state index contributed by atoms with van der Waals surface area (Å²) < 4.78 is 0. The Morgan fingerprint density at radius 1 is 1.38 bits per heavy atom. The van der Waals surface area contributed by atoms with Gasteiger partial charge in [-0.2, -0.15) is 0 Å². The molecule has 1 aromatic rings. The first-order chi connectivity index (χ1) is 10.1. The molecule has 1 aromatic heterocycles. The third kappa shape index (κ3) is 3.98. The van der Waals surface area contributed by atoms with Gasteiger partial charge in [0, 0.05) is 31.5 Å². The highest BCUT2D eigenvalue weighted by Crippen LogP contribution is 2.12. The Hall–Kier alpha value is -2.50. The summed E-state index contributed by atoms with van der Waals surface area (Å²) >= 11 is 0. The van der Waals surface area contributed by atoms with E-state index in [0.717, 1.165) is 5.57 Å². The fraction of sp³-hybridized carbons (Fsp3) is 0.333. The predicted molar refractivity (Wildman–Crippen MR) is 81.3 cm³/mol. The first-order valence-corrected chi connectivity index (χ1v) is 6.84. The Morgan fingerprint density at radius 3 is 2.90 bits per heavy atom. The second kappa shape index (κ2) is 6.78. The van der Waals surface area contributed by atoms with Crippen LogP contribution in [0.25, 0.3) is 0 Å². The van der Waals surface area contributed by atoms with E-state index in [1.54, 1.807) is 25.4 Å². The first kappa shape index (κ1) is 14.9. The van der Waals surface area contributed by atoms with Crippen molar-refractivity contribution in [2.75, 3.05) is 5.32 Å². The summed E-state index contributed by atoms with van der Waals surface area (Å²) in [6, 6.07) is 1.56. The molecule has 110 valence electrons. The van der Waals surface area contributed by atoms with Gasteiger partial charge in [-0.15, -0.1) is 0 Å². The van der Waals surface area contributed by atoms with Gasteiger partial charge >= 0.3 is 0 Å². The van der Waals surface area contributed by atoms with Gasteiger partial charge in [0.25, 0.3) is 5.91 Å². The number of nitrogens with one attached hydrogen (secondary N) is 2. The lowest BCUT2D eigenvalue weighted by Gasteiger charge is -2.19. The van der Waals surface area contributed by atoms with Gasteiger partial charge in [0.15, 0.2) is 0 Å². The maximum Gasteiger partial charge on any atom is 0.253 e. The van der Waals surface area contributed by atoms with Gasteiger partial charge in [-0.25, -0.2) is 0 Å². The van der Waals surface area contributed by atoms with Gasteiger partial charge in [0.2, 0.25) is 5.91 Å². The summed E-state index contributed by atoms with van der Waals surface area (Å²) in [5.41, 5.74) is 1.94. The lowest BCUT2D eigenvalue weighted by Crippen LogP contribution is -2.36. The van der Waals surface area contributed by atoms with Crippen LogP contribution in [0.5, 0.6) is 0 Å². The summed E-state index contributed by atoms with van der Waals surface area (Å²) in [4.78, 5) is 31.6. The SMILES string of the molecule is CCC(=O)Nc1cncc(C(=O)NC2CC=NC=C2C)c1. The van der Waals surface area contributed by atoms with Crippen LogP contribution in [0.2, 0.25) is 0 Å². The van der Waals surface area contributed by atoms with E-state index < -0.39 is 0 Å². The minimum absolute atomic E-state index is 0.0520. The van der Waals surface area contributed by atoms with Crippen molar-refractivity contribution in [1.29, 1.82) is 0 Å². The second-order valence-corrected chi connectivity index (χ2v) is 4.83. The summed E-state index contributed by atoms with van der Waals surface area (Å²) in [5, 5.41) is 5.61. The van der Waals surface area contributed by atoms with E-state index in [1.807, 2.05) is 6.92 Å². The van der Waals surface area contributed by atoms with Crippen LogP contribution in [0.15, 0.2) is 35.2 Å². The molecule has 1 aliphatic rings. The molecule has 1 atom stereocenters. The molecule has 6 nitrogen and oxygen atoms in total. The fourth-order valence-electron chi connectivity index (χ4n) is 1.91. The summed E-state index contributed by atoms with van der Waals surface area (Å²) in [7, 11) is 0. The van der Waals surface area contributed by atoms with E-state index in [1.165, 1.54) is 12.4 Å². The zero-order valence-electron chi connectivity index (χ0n) is 12.1. The average Bonchev–Trinajstić information content (AvgIpc) is 2.49. The largest absolute Gasteiger partial charge is 0.345 e. The number of carbonyl (C=O) groups is 2. The van der Waals surface area contributed by atoms with Crippen molar-refractivity contribution in [1.82, 2.24) is 10.3 Å². The van der Waals surface area contributed by atoms with Crippen LogP contribution in [0.3, 0.4) is 0 Å². The van der Waals surface area contributed by atoms with Gasteiger partial charge in [0.05, 0.1) is 23.5 Å². The third-order valence-electron chi connectivity index (χ3n) is 3.18. The molecule has 0 radical (unpaired) electrons. The Labute approximate surface area is 123 Å². The number of aromatic nitrogens is 1. The van der Waals surface area contributed by atoms with E-state index in [9.17, 15) is 9.59 Å². The second-order valence-electron chi connectivity index (χ2n) is 4.83. The molecule has 1 aliphatic heterocycles. The predicted octanol–water partition coefficient (Wildman–Crippen LogP) is 1.91. The number of anilines is 1. The highest BCUT2D eigenvalue weighted by molar-refractivity contribution is 5.97. The van der Waals surface area contributed by atoms with Crippen LogP contribution < -0.4 is 10.6 Å². The minimum atomic E-state index is -0.219. The van der Waals surface area contributed by atoms with Crippen LogP contribution in [0.4, 0.5) is 5.69 Å². The zero-order valence-corrected chi connectivity index (χ0v) is 12.1. The standard InChI is InChI=1S/C15H18N4O2/c1-3-14(20)18-12-6-11(8-17-9-12)15(21)19-13-4-5-16-7-10(13)2/h5-9,13H,3-4H2,1-2H3,(H,18,20)(H,19,21). The number of carbonyl (C=O) groups excluding carboxylic acids is 2. The van der Waals surface area contributed by atoms with Gasteiger partial charge in [-0.3, -0.25) is 19.6 Å². The molecule has 2 rings (SSSR count). The number of rotatable bonds is 4. The quantitative estimate of drug-likeness (QED) is 0.886. The van der Waals surface area contributed by atoms with Gasteiger partial charge in [0.1, 0.15) is 0 Å². The van der Waals surface area contributed by atoms with Crippen LogP contribution in [-0.2, 0) is 4.79 Å². The van der Waals surface area contributed by atoms with Crippen molar-refractivity contribution < 1.29 is 9.59 Å². The molecule has 0 aromatic carbocycles. The number of hydrogen-bond donors (Lipinski definition) is 2. The summed E-state index contributed by atoms with van der Waals surface area (Å²) in [6.07, 6.45) is 7.56. The normalized spacial score (nSPS) is 17.0. The lowest BCUT2D eigenvalue weighted by atomic mass is 10.0. The topological polar surface area (TPSA) is 83.5 Å². The van der Waals surface area contributed by atoms with Crippen molar-refractivity contribution >= 4 is 23.7 Å². The molecule has 0 spiro atoms. The lowest BCUT2D eigenvalue weighted by molar-refractivity contribution is -0.115. The van der Waals surface area contributed by atoms with Crippen molar-refractivity contribution in [3.63, 3.8) is 0 Å². The van der Waals surface area contributed by atoms with E-state index in [0.29, 0.717) is 24.1 Å². The molecule has 0 fully saturated rings. The minimum Gasteiger partial charge on any atom is -0.345 e. The highest BCUT2D eigenvalue weighted by atomic mass is 16.2. The van der Waals surface area contributed by atoms with Crippen LogP contribution in [-0.4, -0.2) is 29.1 Å². The number of pyridine rings is 1. The van der Waals surface area contributed by atoms with Crippen molar-refractivity contribution in [2.24, 2.45) is 4.99 Å². The van der Waals surface area contributed by atoms with E-state index in [4.69, 9.17) is 0 Å². The number of hydrogen-bond acceptors (Lipinski definition) is 4. The average molecular weight is 286 g/mol. The Morgan fingerprint density at radius 2 is 2.19 bits per heavy atom. The highest BCUT2D eigenvalue weighted by Gasteiger charge is 2.17. The molecule has 21 heavy (non-hydrogen) atoms. The molecule has 0 saturated carbocycles. The van der Waals surface area contributed by atoms with Crippen molar-refractivity contribution in [3.05, 3.63) is 35.8 Å². The molecule has 6 heteroatoms. The Kier molecular flexibility index (Phi) is 4.81. The maximum atomic E-state index is 12.2. The van der Waals surface area contributed by atoms with E-state index in [2.05, 4.69) is 20.6 Å². The number of amides is 2. The molecule has 2 amide bonds. The monoisotopic (exact) mass is 286 g/mol. The molecule has 2 N–H and O–H groups in total. The zero-order chi connectivity index (χ0) is 15.2. The Balaban J connectivity index is 2.05. The summed E-state index contributed by atoms with van der Waals surface area (Å²) in [5.74, 6) is -0.334. The van der Waals surface area contributed by atoms with Crippen LogP contribution in [0, 0.1) is 0 Å². The molecule has 0 saturated heterocycles. The van der Waals surface area contributed by atoms with Gasteiger partial charge in [-0.05, 0) is 18.6 Å². The molecule has 1 unspecified atom stereocenters. The van der Waals surface area contributed by atoms with Crippen LogP contribution >= 0.6 is 0 Å².